The fourth-order valence-electron chi connectivity index (χ4n) is 2.66. The van der Waals surface area contributed by atoms with Crippen molar-refractivity contribution >= 4 is 0 Å². The lowest BCUT2D eigenvalue weighted by molar-refractivity contribution is 0.320. The summed E-state index contributed by atoms with van der Waals surface area (Å²) in [4.78, 5) is 0. The number of hydrogen-bond acceptors (Lipinski definition) is 0. The van der Waals surface area contributed by atoms with Crippen molar-refractivity contribution in [2.45, 2.75) is 66.2 Å². The molecule has 0 aliphatic heterocycles. The summed E-state index contributed by atoms with van der Waals surface area (Å²) >= 11 is 0. The largest absolute Gasteiger partial charge is 0.0654 e. The van der Waals surface area contributed by atoms with Crippen molar-refractivity contribution in [2.75, 3.05) is 0 Å². The minimum absolute atomic E-state index is 0.285. The highest BCUT2D eigenvalue weighted by Gasteiger charge is 2.29. The van der Waals surface area contributed by atoms with Crippen molar-refractivity contribution in [1.29, 1.82) is 0 Å². The van der Waals surface area contributed by atoms with Crippen LogP contribution in [0.1, 0.15) is 64.2 Å². The van der Waals surface area contributed by atoms with Crippen molar-refractivity contribution in [2.24, 2.45) is 5.92 Å². The lowest BCUT2D eigenvalue weighted by Crippen LogP contribution is -2.28. The van der Waals surface area contributed by atoms with Gasteiger partial charge in [-0.1, -0.05) is 71.2 Å². The topological polar surface area (TPSA) is 0 Å². The van der Waals surface area contributed by atoms with Crippen molar-refractivity contribution in [3.05, 3.63) is 34.9 Å². The Morgan fingerprint density at radius 1 is 1.18 bits per heavy atom. The van der Waals surface area contributed by atoms with Crippen LogP contribution in [0.25, 0.3) is 0 Å². The van der Waals surface area contributed by atoms with E-state index in [0.29, 0.717) is 0 Å². The standard InChI is InChI=1S/C17H28/c1-7-9-14(4)17(5,6)16-12-13(3)10-11-15(16)8-2/h10-12,14H,7-9H2,1-6H3/t14-/m1/s1. The Kier molecular flexibility index (Phi) is 4.80. The first-order valence-electron chi connectivity index (χ1n) is 7.03. The fraction of sp³-hybridized carbons (Fsp3) is 0.647. The monoisotopic (exact) mass is 232 g/mol. The Morgan fingerprint density at radius 2 is 1.82 bits per heavy atom. The molecule has 1 aromatic rings. The first kappa shape index (κ1) is 14.3. The quantitative estimate of drug-likeness (QED) is 0.648. The van der Waals surface area contributed by atoms with E-state index in [-0.39, 0.29) is 5.41 Å². The van der Waals surface area contributed by atoms with Gasteiger partial charge in [0.05, 0.1) is 0 Å². The van der Waals surface area contributed by atoms with Gasteiger partial charge in [-0.15, -0.1) is 0 Å². The van der Waals surface area contributed by atoms with E-state index in [9.17, 15) is 0 Å². The second-order valence-electron chi connectivity index (χ2n) is 5.93. The summed E-state index contributed by atoms with van der Waals surface area (Å²) in [6, 6.07) is 6.94. The Hall–Kier alpha value is -0.780. The third kappa shape index (κ3) is 3.12. The molecule has 0 N–H and O–H groups in total. The summed E-state index contributed by atoms with van der Waals surface area (Å²) in [5.41, 5.74) is 4.74. The SMILES string of the molecule is CCC[C@@H](C)C(C)(C)c1cc(C)ccc1CC. The Bertz CT molecular complexity index is 360. The van der Waals surface area contributed by atoms with Crippen LogP contribution in [-0.2, 0) is 11.8 Å². The molecule has 17 heavy (non-hydrogen) atoms. The molecule has 0 aliphatic rings. The van der Waals surface area contributed by atoms with Gasteiger partial charge in [0.25, 0.3) is 0 Å². The molecule has 1 atom stereocenters. The van der Waals surface area contributed by atoms with E-state index >= 15 is 0 Å². The van der Waals surface area contributed by atoms with Gasteiger partial charge in [0, 0.05) is 0 Å². The summed E-state index contributed by atoms with van der Waals surface area (Å²) < 4.78 is 0. The molecule has 0 amide bonds. The van der Waals surface area contributed by atoms with Crippen LogP contribution in [0.3, 0.4) is 0 Å². The summed E-state index contributed by atoms with van der Waals surface area (Å²) in [6.07, 6.45) is 3.72. The van der Waals surface area contributed by atoms with Crippen LogP contribution in [0, 0.1) is 12.8 Å². The first-order chi connectivity index (χ1) is 7.93. The number of hydrogen-bond donors (Lipinski definition) is 0. The van der Waals surface area contributed by atoms with Gasteiger partial charge >= 0.3 is 0 Å². The van der Waals surface area contributed by atoms with Gasteiger partial charge < -0.3 is 0 Å². The highest BCUT2D eigenvalue weighted by molar-refractivity contribution is 5.37. The van der Waals surface area contributed by atoms with E-state index in [0.717, 1.165) is 12.3 Å². The van der Waals surface area contributed by atoms with Crippen molar-refractivity contribution < 1.29 is 0 Å². The maximum Gasteiger partial charge on any atom is -0.00751 e. The van der Waals surface area contributed by atoms with E-state index < -0.39 is 0 Å². The zero-order valence-electron chi connectivity index (χ0n) is 12.4. The minimum Gasteiger partial charge on any atom is -0.0654 e. The van der Waals surface area contributed by atoms with Gasteiger partial charge in [-0.2, -0.15) is 0 Å². The second kappa shape index (κ2) is 5.71. The summed E-state index contributed by atoms with van der Waals surface area (Å²) in [7, 11) is 0. The van der Waals surface area contributed by atoms with E-state index in [1.807, 2.05) is 0 Å². The van der Waals surface area contributed by atoms with Gasteiger partial charge in [-0.05, 0) is 35.8 Å². The van der Waals surface area contributed by atoms with Crippen molar-refractivity contribution in [1.82, 2.24) is 0 Å². The highest BCUT2D eigenvalue weighted by Crippen LogP contribution is 2.36. The van der Waals surface area contributed by atoms with E-state index in [1.165, 1.54) is 24.0 Å². The van der Waals surface area contributed by atoms with Crippen LogP contribution in [-0.4, -0.2) is 0 Å². The molecule has 0 bridgehead atoms. The molecule has 0 aliphatic carbocycles. The average Bonchev–Trinajstić information content (AvgIpc) is 2.29. The Labute approximate surface area is 107 Å². The molecular formula is C17H28. The number of rotatable bonds is 5. The normalized spacial score (nSPS) is 13.8. The third-order valence-corrected chi connectivity index (χ3v) is 4.29. The fourth-order valence-corrected chi connectivity index (χ4v) is 2.66. The maximum atomic E-state index is 2.40. The molecule has 1 aromatic carbocycles. The second-order valence-corrected chi connectivity index (χ2v) is 5.93. The third-order valence-electron chi connectivity index (χ3n) is 4.29. The predicted octanol–water partition coefficient (Wildman–Crippen LogP) is 5.27. The van der Waals surface area contributed by atoms with Gasteiger partial charge in [0.2, 0.25) is 0 Å². The van der Waals surface area contributed by atoms with Crippen LogP contribution in [0.15, 0.2) is 18.2 Å². The molecule has 0 spiro atoms. The maximum absolute atomic E-state index is 2.40. The van der Waals surface area contributed by atoms with Gasteiger partial charge in [0.15, 0.2) is 0 Å². The first-order valence-corrected chi connectivity index (χ1v) is 7.03. The van der Waals surface area contributed by atoms with Gasteiger partial charge in [-0.25, -0.2) is 0 Å². The Balaban J connectivity index is 3.16. The van der Waals surface area contributed by atoms with Crippen LogP contribution < -0.4 is 0 Å². The van der Waals surface area contributed by atoms with Crippen LogP contribution in [0.5, 0.6) is 0 Å². The lowest BCUT2D eigenvalue weighted by atomic mass is 9.70. The molecule has 1 rings (SSSR count). The molecule has 0 saturated heterocycles. The summed E-state index contributed by atoms with van der Waals surface area (Å²) in [5.74, 6) is 0.736. The molecule has 0 unspecified atom stereocenters. The highest BCUT2D eigenvalue weighted by atomic mass is 14.3. The predicted molar refractivity (Wildman–Crippen MR) is 77.7 cm³/mol. The van der Waals surface area contributed by atoms with Crippen molar-refractivity contribution in [3.63, 3.8) is 0 Å². The molecule has 0 heterocycles. The molecule has 0 radical (unpaired) electrons. The smallest absolute Gasteiger partial charge is 0.00751 e. The summed E-state index contributed by atoms with van der Waals surface area (Å²) in [6.45, 7) is 13.9. The van der Waals surface area contributed by atoms with E-state index in [2.05, 4.69) is 59.7 Å². The average molecular weight is 232 g/mol. The zero-order valence-corrected chi connectivity index (χ0v) is 12.4. The lowest BCUT2D eigenvalue weighted by Gasteiger charge is -2.34. The van der Waals surface area contributed by atoms with Gasteiger partial charge in [0.1, 0.15) is 0 Å². The number of aryl methyl sites for hydroxylation is 2. The minimum atomic E-state index is 0.285. The number of benzene rings is 1. The molecule has 96 valence electrons. The van der Waals surface area contributed by atoms with Gasteiger partial charge in [-0.3, -0.25) is 0 Å². The molecule has 0 nitrogen and oxygen atoms in total. The zero-order chi connectivity index (χ0) is 13.1. The molecule has 0 heteroatoms. The van der Waals surface area contributed by atoms with Crippen LogP contribution in [0.2, 0.25) is 0 Å². The molecular weight excluding hydrogens is 204 g/mol. The summed E-state index contributed by atoms with van der Waals surface area (Å²) in [5, 5.41) is 0. The van der Waals surface area contributed by atoms with E-state index in [1.54, 1.807) is 5.56 Å². The van der Waals surface area contributed by atoms with Crippen molar-refractivity contribution in [3.8, 4) is 0 Å². The van der Waals surface area contributed by atoms with E-state index in [4.69, 9.17) is 0 Å². The van der Waals surface area contributed by atoms with Crippen LogP contribution >= 0.6 is 0 Å². The molecule has 0 fully saturated rings. The van der Waals surface area contributed by atoms with Crippen LogP contribution in [0.4, 0.5) is 0 Å². The molecule has 0 saturated carbocycles. The Morgan fingerprint density at radius 3 is 2.35 bits per heavy atom. The molecule has 0 aromatic heterocycles.